The molecule has 2 rings (SSSR count). The monoisotopic (exact) mass is 253 g/mol. The molecule has 2 amide bonds. The Labute approximate surface area is 109 Å². The van der Waals surface area contributed by atoms with E-state index in [1.54, 1.807) is 6.08 Å². The molecule has 1 saturated heterocycles. The first-order valence-electron chi connectivity index (χ1n) is 6.76. The number of nitrogens with one attached hydrogen (secondary N) is 1. The van der Waals surface area contributed by atoms with E-state index >= 15 is 0 Å². The van der Waals surface area contributed by atoms with Crippen molar-refractivity contribution in [2.24, 2.45) is 0 Å². The van der Waals surface area contributed by atoms with Gasteiger partial charge in [-0.25, -0.2) is 4.79 Å². The van der Waals surface area contributed by atoms with Crippen molar-refractivity contribution < 1.29 is 9.53 Å². The number of carbonyl (C=O) groups is 1. The van der Waals surface area contributed by atoms with E-state index in [1.165, 1.54) is 0 Å². The molecule has 1 aliphatic heterocycles. The molecule has 1 aliphatic carbocycles. The van der Waals surface area contributed by atoms with Crippen molar-refractivity contribution in [3.63, 3.8) is 0 Å². The van der Waals surface area contributed by atoms with Gasteiger partial charge in [-0.2, -0.15) is 0 Å². The van der Waals surface area contributed by atoms with Crippen molar-refractivity contribution in [1.82, 2.24) is 15.1 Å². The molecule has 0 aromatic carbocycles. The van der Waals surface area contributed by atoms with E-state index in [0.717, 1.165) is 45.7 Å². The Morgan fingerprint density at radius 1 is 1.44 bits per heavy atom. The summed E-state index contributed by atoms with van der Waals surface area (Å²) in [5, 5.41) is 2.99. The summed E-state index contributed by atoms with van der Waals surface area (Å²) >= 11 is 0. The lowest BCUT2D eigenvalue weighted by Gasteiger charge is -2.27. The van der Waals surface area contributed by atoms with Crippen molar-refractivity contribution in [3.05, 3.63) is 12.7 Å². The van der Waals surface area contributed by atoms with E-state index in [0.29, 0.717) is 19.1 Å². The average molecular weight is 253 g/mol. The van der Waals surface area contributed by atoms with Crippen LogP contribution in [-0.4, -0.2) is 67.8 Å². The standard InChI is InChI=1S/C13H23N3O2/c1-2-6-16(12-3-4-12)13(17)14-5-7-15-8-10-18-11-9-15/h2,12H,1,3-11H2,(H,14,17). The second-order valence-corrected chi connectivity index (χ2v) is 4.86. The predicted octanol–water partition coefficient (Wildman–Crippen LogP) is 0.679. The fourth-order valence-corrected chi connectivity index (χ4v) is 2.17. The van der Waals surface area contributed by atoms with Crippen LogP contribution >= 0.6 is 0 Å². The molecule has 0 unspecified atom stereocenters. The first kappa shape index (κ1) is 13.4. The Morgan fingerprint density at radius 3 is 2.78 bits per heavy atom. The Bertz CT molecular complexity index is 286. The summed E-state index contributed by atoms with van der Waals surface area (Å²) in [6, 6.07) is 0.483. The summed E-state index contributed by atoms with van der Waals surface area (Å²) < 4.78 is 5.29. The number of carbonyl (C=O) groups excluding carboxylic acids is 1. The van der Waals surface area contributed by atoms with E-state index in [2.05, 4.69) is 16.8 Å². The topological polar surface area (TPSA) is 44.8 Å². The molecule has 1 N–H and O–H groups in total. The molecular weight excluding hydrogens is 230 g/mol. The molecule has 0 bridgehead atoms. The lowest BCUT2D eigenvalue weighted by Crippen LogP contribution is -2.46. The van der Waals surface area contributed by atoms with Gasteiger partial charge < -0.3 is 15.0 Å². The van der Waals surface area contributed by atoms with Crippen LogP contribution in [0.15, 0.2) is 12.7 Å². The van der Waals surface area contributed by atoms with Gasteiger partial charge in [0, 0.05) is 38.8 Å². The molecule has 0 atom stereocenters. The van der Waals surface area contributed by atoms with Crippen molar-refractivity contribution >= 4 is 6.03 Å². The van der Waals surface area contributed by atoms with Crippen LogP contribution in [-0.2, 0) is 4.74 Å². The van der Waals surface area contributed by atoms with Crippen molar-refractivity contribution in [1.29, 1.82) is 0 Å². The lowest BCUT2D eigenvalue weighted by molar-refractivity contribution is 0.0386. The summed E-state index contributed by atoms with van der Waals surface area (Å²) in [6.45, 7) is 9.50. The second-order valence-electron chi connectivity index (χ2n) is 4.86. The van der Waals surface area contributed by atoms with Gasteiger partial charge in [0.25, 0.3) is 0 Å². The molecular formula is C13H23N3O2. The van der Waals surface area contributed by atoms with E-state index in [1.807, 2.05) is 4.90 Å². The summed E-state index contributed by atoms with van der Waals surface area (Å²) in [5.74, 6) is 0. The fraction of sp³-hybridized carbons (Fsp3) is 0.769. The van der Waals surface area contributed by atoms with Crippen LogP contribution < -0.4 is 5.32 Å². The quantitative estimate of drug-likeness (QED) is 0.708. The van der Waals surface area contributed by atoms with Crippen LogP contribution in [0.2, 0.25) is 0 Å². The summed E-state index contributed by atoms with van der Waals surface area (Å²) in [4.78, 5) is 16.2. The number of amides is 2. The first-order valence-corrected chi connectivity index (χ1v) is 6.76. The molecule has 18 heavy (non-hydrogen) atoms. The fourth-order valence-electron chi connectivity index (χ4n) is 2.17. The largest absolute Gasteiger partial charge is 0.379 e. The third kappa shape index (κ3) is 3.99. The maximum absolute atomic E-state index is 12.0. The number of morpholine rings is 1. The second kappa shape index (κ2) is 6.75. The molecule has 1 heterocycles. The third-order valence-electron chi connectivity index (χ3n) is 3.38. The van der Waals surface area contributed by atoms with Gasteiger partial charge in [0.2, 0.25) is 0 Å². The van der Waals surface area contributed by atoms with Gasteiger partial charge in [0.15, 0.2) is 0 Å². The van der Waals surface area contributed by atoms with E-state index in [-0.39, 0.29) is 6.03 Å². The zero-order valence-corrected chi connectivity index (χ0v) is 10.9. The Hall–Kier alpha value is -1.07. The molecule has 1 saturated carbocycles. The number of hydrogen-bond acceptors (Lipinski definition) is 3. The van der Waals surface area contributed by atoms with Crippen LogP contribution in [0.5, 0.6) is 0 Å². The predicted molar refractivity (Wildman–Crippen MR) is 70.6 cm³/mol. The molecule has 102 valence electrons. The van der Waals surface area contributed by atoms with E-state index < -0.39 is 0 Å². The maximum Gasteiger partial charge on any atom is 0.317 e. The SMILES string of the molecule is C=CCN(C(=O)NCCN1CCOCC1)C1CC1. The molecule has 0 radical (unpaired) electrons. The number of urea groups is 1. The number of rotatable bonds is 6. The minimum absolute atomic E-state index is 0.0469. The van der Waals surface area contributed by atoms with Crippen LogP contribution in [0.4, 0.5) is 4.79 Å². The number of hydrogen-bond donors (Lipinski definition) is 1. The molecule has 2 fully saturated rings. The highest BCUT2D eigenvalue weighted by Gasteiger charge is 2.31. The minimum Gasteiger partial charge on any atom is -0.379 e. The van der Waals surface area contributed by atoms with Crippen LogP contribution in [0, 0.1) is 0 Å². The Balaban J connectivity index is 1.64. The van der Waals surface area contributed by atoms with Crippen LogP contribution in [0.1, 0.15) is 12.8 Å². The van der Waals surface area contributed by atoms with Gasteiger partial charge in [0.05, 0.1) is 13.2 Å². The van der Waals surface area contributed by atoms with Crippen LogP contribution in [0.25, 0.3) is 0 Å². The third-order valence-corrected chi connectivity index (χ3v) is 3.38. The first-order chi connectivity index (χ1) is 8.81. The van der Waals surface area contributed by atoms with Crippen LogP contribution in [0.3, 0.4) is 0 Å². The highest BCUT2D eigenvalue weighted by Crippen LogP contribution is 2.26. The van der Waals surface area contributed by atoms with Crippen molar-refractivity contribution in [2.75, 3.05) is 45.9 Å². The zero-order chi connectivity index (χ0) is 12.8. The summed E-state index contributed by atoms with van der Waals surface area (Å²) in [5.41, 5.74) is 0. The van der Waals surface area contributed by atoms with Crippen molar-refractivity contribution in [3.8, 4) is 0 Å². The summed E-state index contributed by atoms with van der Waals surface area (Å²) in [6.07, 6.45) is 4.05. The highest BCUT2D eigenvalue weighted by atomic mass is 16.5. The van der Waals surface area contributed by atoms with Gasteiger partial charge in [-0.15, -0.1) is 6.58 Å². The van der Waals surface area contributed by atoms with Gasteiger partial charge in [-0.3, -0.25) is 4.90 Å². The van der Waals surface area contributed by atoms with E-state index in [4.69, 9.17) is 4.74 Å². The van der Waals surface area contributed by atoms with Gasteiger partial charge in [0.1, 0.15) is 0 Å². The minimum atomic E-state index is 0.0469. The van der Waals surface area contributed by atoms with Gasteiger partial charge >= 0.3 is 6.03 Å². The summed E-state index contributed by atoms with van der Waals surface area (Å²) in [7, 11) is 0. The molecule has 5 heteroatoms. The zero-order valence-electron chi connectivity index (χ0n) is 10.9. The van der Waals surface area contributed by atoms with Crippen molar-refractivity contribution in [2.45, 2.75) is 18.9 Å². The average Bonchev–Trinajstić information content (AvgIpc) is 3.21. The molecule has 5 nitrogen and oxygen atoms in total. The Morgan fingerprint density at radius 2 is 2.17 bits per heavy atom. The number of nitrogens with zero attached hydrogens (tertiary/aromatic N) is 2. The maximum atomic E-state index is 12.0. The number of ether oxygens (including phenoxy) is 1. The smallest absolute Gasteiger partial charge is 0.317 e. The van der Waals surface area contributed by atoms with E-state index in [9.17, 15) is 4.79 Å². The molecule has 2 aliphatic rings. The van der Waals surface area contributed by atoms with Gasteiger partial charge in [-0.1, -0.05) is 6.08 Å². The molecule has 0 spiro atoms. The normalized spacial score (nSPS) is 20.4. The van der Waals surface area contributed by atoms with Gasteiger partial charge in [-0.05, 0) is 12.8 Å². The highest BCUT2D eigenvalue weighted by molar-refractivity contribution is 5.75. The molecule has 0 aromatic rings. The molecule has 0 aromatic heterocycles. The Kier molecular flexibility index (Phi) is 5.01. The lowest BCUT2D eigenvalue weighted by atomic mass is 10.4.